The summed E-state index contributed by atoms with van der Waals surface area (Å²) in [5, 5.41) is 4.44. The maximum Gasteiger partial charge on any atom is 0.227 e. The zero-order valence-corrected chi connectivity index (χ0v) is 10.3. The smallest absolute Gasteiger partial charge is 0.227 e. The van der Waals surface area contributed by atoms with Crippen molar-refractivity contribution in [2.24, 2.45) is 5.92 Å². The summed E-state index contributed by atoms with van der Waals surface area (Å²) in [6.45, 7) is 8.19. The fourth-order valence-corrected chi connectivity index (χ4v) is 3.81. The quantitative estimate of drug-likeness (QED) is 0.725. The van der Waals surface area contributed by atoms with Crippen LogP contribution in [0.2, 0.25) is 0 Å². The first-order valence-electron chi connectivity index (χ1n) is 5.82. The van der Waals surface area contributed by atoms with Crippen LogP contribution in [0.15, 0.2) is 0 Å². The van der Waals surface area contributed by atoms with E-state index in [9.17, 15) is 4.79 Å². The molecule has 86 valence electrons. The van der Waals surface area contributed by atoms with Gasteiger partial charge in [0.1, 0.15) is 0 Å². The van der Waals surface area contributed by atoms with Gasteiger partial charge in [-0.3, -0.25) is 4.79 Å². The van der Waals surface area contributed by atoms with Gasteiger partial charge in [-0.05, 0) is 13.0 Å². The molecular weight excluding hydrogens is 208 g/mol. The maximum absolute atomic E-state index is 12.2. The molecule has 0 spiro atoms. The number of amides is 1. The topological polar surface area (TPSA) is 32.3 Å². The molecule has 2 aliphatic heterocycles. The van der Waals surface area contributed by atoms with E-state index in [0.717, 1.165) is 32.6 Å². The van der Waals surface area contributed by atoms with Crippen molar-refractivity contribution >= 4 is 17.7 Å². The molecule has 0 aromatic rings. The van der Waals surface area contributed by atoms with E-state index >= 15 is 0 Å². The van der Waals surface area contributed by atoms with E-state index in [-0.39, 0.29) is 5.92 Å². The Morgan fingerprint density at radius 1 is 1.33 bits per heavy atom. The van der Waals surface area contributed by atoms with Gasteiger partial charge < -0.3 is 10.2 Å². The van der Waals surface area contributed by atoms with Crippen molar-refractivity contribution in [2.45, 2.75) is 30.8 Å². The summed E-state index contributed by atoms with van der Waals surface area (Å²) in [5.74, 6) is 0.617. The zero-order valence-electron chi connectivity index (χ0n) is 9.53. The van der Waals surface area contributed by atoms with Gasteiger partial charge in [0.25, 0.3) is 0 Å². The molecule has 0 bridgehead atoms. The molecular formula is C11H20N2OS. The summed E-state index contributed by atoms with van der Waals surface area (Å²) in [5.41, 5.74) is 0. The third kappa shape index (κ3) is 2.67. The molecule has 1 amide bonds. The highest BCUT2D eigenvalue weighted by Gasteiger charge is 2.31. The lowest BCUT2D eigenvalue weighted by atomic mass is 10.1. The highest BCUT2D eigenvalue weighted by atomic mass is 32.2. The van der Waals surface area contributed by atoms with Crippen molar-refractivity contribution in [3.05, 3.63) is 0 Å². The predicted molar refractivity (Wildman–Crippen MR) is 64.1 cm³/mol. The van der Waals surface area contributed by atoms with Gasteiger partial charge in [0.2, 0.25) is 5.91 Å². The molecule has 2 rings (SSSR count). The van der Waals surface area contributed by atoms with Crippen LogP contribution in [0, 0.1) is 5.92 Å². The van der Waals surface area contributed by atoms with Crippen molar-refractivity contribution < 1.29 is 4.79 Å². The number of carbonyl (C=O) groups is 1. The van der Waals surface area contributed by atoms with Gasteiger partial charge in [-0.1, -0.05) is 13.8 Å². The van der Waals surface area contributed by atoms with E-state index in [1.54, 1.807) is 0 Å². The number of nitrogens with one attached hydrogen (secondary N) is 1. The van der Waals surface area contributed by atoms with Crippen molar-refractivity contribution in [1.29, 1.82) is 0 Å². The number of carbonyl (C=O) groups excluding carboxylic acids is 1. The first-order chi connectivity index (χ1) is 7.16. The fourth-order valence-electron chi connectivity index (χ4n) is 2.48. The Morgan fingerprint density at radius 2 is 2.00 bits per heavy atom. The van der Waals surface area contributed by atoms with E-state index in [2.05, 4.69) is 24.1 Å². The number of thioether (sulfide) groups is 1. The molecule has 0 saturated carbocycles. The molecule has 0 aliphatic carbocycles. The monoisotopic (exact) mass is 228 g/mol. The Bertz CT molecular complexity index is 231. The molecule has 3 atom stereocenters. The minimum Gasteiger partial charge on any atom is -0.340 e. The van der Waals surface area contributed by atoms with Crippen LogP contribution >= 0.6 is 11.8 Å². The average Bonchev–Trinajstić information content (AvgIpc) is 2.67. The standard InChI is InChI=1S/C11H20N2OS/c1-8-6-13(7-9(2)15-8)11(14)10-3-4-12-5-10/h8-10,12H,3-7H2,1-2H3. The first kappa shape index (κ1) is 11.3. The Hall–Kier alpha value is -0.220. The van der Waals surface area contributed by atoms with Gasteiger partial charge in [0.05, 0.1) is 5.92 Å². The van der Waals surface area contributed by atoms with Crippen LogP contribution in [0.4, 0.5) is 0 Å². The molecule has 4 heteroatoms. The lowest BCUT2D eigenvalue weighted by molar-refractivity contribution is -0.135. The number of nitrogens with zero attached hydrogens (tertiary/aromatic N) is 1. The number of hydrogen-bond acceptors (Lipinski definition) is 3. The highest BCUT2D eigenvalue weighted by Crippen LogP contribution is 2.26. The zero-order chi connectivity index (χ0) is 10.8. The van der Waals surface area contributed by atoms with E-state index in [4.69, 9.17) is 0 Å². The normalized spacial score (nSPS) is 36.9. The predicted octanol–water partition coefficient (Wildman–Crippen LogP) is 0.948. The van der Waals surface area contributed by atoms with Crippen LogP contribution in [0.25, 0.3) is 0 Å². The first-order valence-corrected chi connectivity index (χ1v) is 6.76. The molecule has 0 radical (unpaired) electrons. The van der Waals surface area contributed by atoms with Gasteiger partial charge >= 0.3 is 0 Å². The Morgan fingerprint density at radius 3 is 2.53 bits per heavy atom. The van der Waals surface area contributed by atoms with E-state index < -0.39 is 0 Å². The summed E-state index contributed by atoms with van der Waals surface area (Å²) in [6, 6.07) is 0. The van der Waals surface area contributed by atoms with Gasteiger partial charge in [-0.2, -0.15) is 11.8 Å². The molecule has 3 nitrogen and oxygen atoms in total. The lowest BCUT2D eigenvalue weighted by Gasteiger charge is -2.35. The summed E-state index contributed by atoms with van der Waals surface area (Å²) < 4.78 is 0. The van der Waals surface area contributed by atoms with E-state index in [1.807, 2.05) is 11.8 Å². The molecule has 2 saturated heterocycles. The molecule has 1 N–H and O–H groups in total. The summed E-state index contributed by atoms with van der Waals surface area (Å²) in [4.78, 5) is 14.2. The SMILES string of the molecule is CC1CN(C(=O)C2CCNC2)CC(C)S1. The molecule has 2 fully saturated rings. The van der Waals surface area contributed by atoms with Crippen LogP contribution in [0.5, 0.6) is 0 Å². The second-order valence-electron chi connectivity index (χ2n) is 4.69. The molecule has 15 heavy (non-hydrogen) atoms. The van der Waals surface area contributed by atoms with Crippen LogP contribution in [0.3, 0.4) is 0 Å². The third-order valence-electron chi connectivity index (χ3n) is 3.14. The van der Waals surface area contributed by atoms with Gasteiger partial charge in [0, 0.05) is 30.1 Å². The van der Waals surface area contributed by atoms with Crippen molar-refractivity contribution in [3.63, 3.8) is 0 Å². The van der Waals surface area contributed by atoms with Gasteiger partial charge in [-0.25, -0.2) is 0 Å². The number of rotatable bonds is 1. The molecule has 0 aromatic carbocycles. The summed E-state index contributed by atoms with van der Waals surface area (Å²) in [7, 11) is 0. The van der Waals surface area contributed by atoms with E-state index in [0.29, 0.717) is 16.4 Å². The highest BCUT2D eigenvalue weighted by molar-refractivity contribution is 8.00. The van der Waals surface area contributed by atoms with Gasteiger partial charge in [0.15, 0.2) is 0 Å². The minimum atomic E-state index is 0.243. The van der Waals surface area contributed by atoms with E-state index in [1.165, 1.54) is 0 Å². The minimum absolute atomic E-state index is 0.243. The fraction of sp³-hybridized carbons (Fsp3) is 0.909. The third-order valence-corrected chi connectivity index (χ3v) is 4.37. The molecule has 2 heterocycles. The van der Waals surface area contributed by atoms with Crippen LogP contribution < -0.4 is 5.32 Å². The van der Waals surface area contributed by atoms with Gasteiger partial charge in [-0.15, -0.1) is 0 Å². The largest absolute Gasteiger partial charge is 0.340 e. The van der Waals surface area contributed by atoms with Crippen molar-refractivity contribution in [3.8, 4) is 0 Å². The Balaban J connectivity index is 1.93. The lowest BCUT2D eigenvalue weighted by Crippen LogP contribution is -2.46. The average molecular weight is 228 g/mol. The number of hydrogen-bond donors (Lipinski definition) is 1. The second-order valence-corrected chi connectivity index (χ2v) is 6.57. The Labute approximate surface area is 96.0 Å². The molecule has 0 aromatic heterocycles. The van der Waals surface area contributed by atoms with Crippen molar-refractivity contribution in [2.75, 3.05) is 26.2 Å². The van der Waals surface area contributed by atoms with Crippen LogP contribution in [-0.4, -0.2) is 47.5 Å². The van der Waals surface area contributed by atoms with Crippen LogP contribution in [0.1, 0.15) is 20.3 Å². The molecule has 3 unspecified atom stereocenters. The molecule has 2 aliphatic rings. The second kappa shape index (κ2) is 4.74. The van der Waals surface area contributed by atoms with Crippen molar-refractivity contribution in [1.82, 2.24) is 10.2 Å². The Kier molecular flexibility index (Phi) is 3.57. The summed E-state index contributed by atoms with van der Waals surface area (Å²) in [6.07, 6.45) is 1.02. The van der Waals surface area contributed by atoms with Crippen LogP contribution in [-0.2, 0) is 4.79 Å². The summed E-state index contributed by atoms with van der Waals surface area (Å²) >= 11 is 2.00. The maximum atomic E-state index is 12.2.